The minimum atomic E-state index is -1.10. The molecule has 176 valence electrons. The van der Waals surface area contributed by atoms with Gasteiger partial charge in [-0.15, -0.1) is 11.8 Å². The van der Waals surface area contributed by atoms with Crippen molar-refractivity contribution in [1.82, 2.24) is 5.32 Å². The zero-order valence-electron chi connectivity index (χ0n) is 18.9. The lowest BCUT2D eigenvalue weighted by Crippen LogP contribution is -2.54. The highest BCUT2D eigenvalue weighted by Gasteiger charge is 2.35. The van der Waals surface area contributed by atoms with Crippen LogP contribution in [0.1, 0.15) is 25.8 Å². The Hall–Kier alpha value is -2.84. The van der Waals surface area contributed by atoms with Gasteiger partial charge < -0.3 is 9.84 Å². The highest BCUT2D eigenvalue weighted by molar-refractivity contribution is 7.99. The summed E-state index contributed by atoms with van der Waals surface area (Å²) in [5.41, 5.74) is 1.66. The second-order valence-corrected chi connectivity index (χ2v) is 9.48. The predicted octanol–water partition coefficient (Wildman–Crippen LogP) is 3.37. The summed E-state index contributed by atoms with van der Waals surface area (Å²) in [5, 5.41) is 12.6. The molecule has 0 aliphatic carbocycles. The lowest BCUT2D eigenvalue weighted by molar-refractivity contribution is -0.148. The van der Waals surface area contributed by atoms with Crippen molar-refractivity contribution < 1.29 is 24.2 Å². The summed E-state index contributed by atoms with van der Waals surface area (Å²) in [7, 11) is 0. The average Bonchev–Trinajstić information content (AvgIpc) is 2.92. The number of carboxylic acid groups (broad SMARTS) is 1. The van der Waals surface area contributed by atoms with E-state index in [-0.39, 0.29) is 11.8 Å². The van der Waals surface area contributed by atoms with Crippen LogP contribution in [0.4, 0.5) is 5.69 Å². The second-order valence-electron chi connectivity index (χ2n) is 8.42. The number of carboxylic acids is 1. The fourth-order valence-electron chi connectivity index (χ4n) is 3.59. The largest absolute Gasteiger partial charge is 0.480 e. The Balaban J connectivity index is 1.79. The van der Waals surface area contributed by atoms with Crippen LogP contribution in [-0.4, -0.2) is 53.9 Å². The molecule has 2 atom stereocenters. The number of aliphatic carboxylic acids is 1. The first-order chi connectivity index (χ1) is 15.8. The van der Waals surface area contributed by atoms with Crippen LogP contribution in [0.25, 0.3) is 0 Å². The first kappa shape index (κ1) is 24.8. The molecule has 8 heteroatoms. The summed E-state index contributed by atoms with van der Waals surface area (Å²) in [5.74, 6) is -1.29. The van der Waals surface area contributed by atoms with E-state index >= 15 is 0 Å². The summed E-state index contributed by atoms with van der Waals surface area (Å²) in [6.45, 7) is 3.78. The molecule has 0 aromatic heterocycles. The summed E-state index contributed by atoms with van der Waals surface area (Å²) < 4.78 is 5.49. The van der Waals surface area contributed by atoms with Crippen LogP contribution in [0.5, 0.6) is 0 Å². The van der Waals surface area contributed by atoms with Gasteiger partial charge in [-0.05, 0) is 36.5 Å². The molecule has 1 aliphatic heterocycles. The molecule has 0 bridgehead atoms. The standard InChI is InChI=1S/C25H30N2O5S/c1-17(2)15-32-25(31)19(13-12-18-8-4-3-5-9-18)26-20-16-33-22-11-7-6-10-21(22)27(24(20)30)14-23(28)29/h3-11,17,19-20,26H,12-16H2,1-2H3,(H,28,29). The van der Waals surface area contributed by atoms with Gasteiger partial charge in [0.2, 0.25) is 5.91 Å². The number of nitrogens with one attached hydrogen (secondary N) is 1. The molecular formula is C25H30N2O5S. The predicted molar refractivity (Wildman–Crippen MR) is 128 cm³/mol. The highest BCUT2D eigenvalue weighted by atomic mass is 32.2. The number of rotatable bonds is 10. The van der Waals surface area contributed by atoms with Gasteiger partial charge in [0.25, 0.3) is 0 Å². The molecular weight excluding hydrogens is 440 g/mol. The molecule has 2 aromatic carbocycles. The van der Waals surface area contributed by atoms with Gasteiger partial charge in [0, 0.05) is 10.6 Å². The fourth-order valence-corrected chi connectivity index (χ4v) is 4.67. The van der Waals surface area contributed by atoms with Crippen LogP contribution in [0.15, 0.2) is 59.5 Å². The molecule has 33 heavy (non-hydrogen) atoms. The van der Waals surface area contributed by atoms with Crippen molar-refractivity contribution in [3.8, 4) is 0 Å². The number of carbonyl (C=O) groups excluding carboxylic acids is 2. The van der Waals surface area contributed by atoms with E-state index in [0.29, 0.717) is 30.9 Å². The fraction of sp³-hybridized carbons (Fsp3) is 0.400. The number of hydrogen-bond donors (Lipinski definition) is 2. The van der Waals surface area contributed by atoms with E-state index in [1.54, 1.807) is 12.1 Å². The molecule has 1 heterocycles. The maximum atomic E-state index is 13.4. The van der Waals surface area contributed by atoms with Crippen molar-refractivity contribution in [2.45, 2.75) is 43.7 Å². The first-order valence-corrected chi connectivity index (χ1v) is 12.0. The molecule has 2 unspecified atom stereocenters. The van der Waals surface area contributed by atoms with Crippen molar-refractivity contribution in [1.29, 1.82) is 0 Å². The second kappa shape index (κ2) is 11.9. The van der Waals surface area contributed by atoms with Crippen molar-refractivity contribution >= 4 is 35.3 Å². The summed E-state index contributed by atoms with van der Waals surface area (Å²) >= 11 is 1.47. The van der Waals surface area contributed by atoms with Gasteiger partial charge in [0.15, 0.2) is 0 Å². The monoisotopic (exact) mass is 470 g/mol. The quantitative estimate of drug-likeness (QED) is 0.514. The van der Waals surface area contributed by atoms with Crippen LogP contribution >= 0.6 is 11.8 Å². The Labute approximate surface area is 198 Å². The maximum absolute atomic E-state index is 13.4. The van der Waals surface area contributed by atoms with Gasteiger partial charge in [-0.1, -0.05) is 56.3 Å². The number of carbonyl (C=O) groups is 3. The third-order valence-electron chi connectivity index (χ3n) is 5.23. The summed E-state index contributed by atoms with van der Waals surface area (Å²) in [4.78, 5) is 39.9. The number of amides is 1. The molecule has 1 aliphatic rings. The molecule has 0 radical (unpaired) electrons. The van der Waals surface area contributed by atoms with Gasteiger partial charge in [-0.25, -0.2) is 0 Å². The van der Waals surface area contributed by atoms with E-state index in [9.17, 15) is 19.5 Å². The SMILES string of the molecule is CC(C)COC(=O)C(CCc1ccccc1)NC1CSc2ccccc2N(CC(=O)O)C1=O. The smallest absolute Gasteiger partial charge is 0.323 e. The van der Waals surface area contributed by atoms with Gasteiger partial charge in [-0.3, -0.25) is 24.6 Å². The number of para-hydroxylation sites is 1. The van der Waals surface area contributed by atoms with Crippen LogP contribution in [0.2, 0.25) is 0 Å². The van der Waals surface area contributed by atoms with Gasteiger partial charge in [0.1, 0.15) is 12.6 Å². The number of aryl methyl sites for hydroxylation is 1. The first-order valence-electron chi connectivity index (χ1n) is 11.1. The van der Waals surface area contributed by atoms with Crippen LogP contribution in [0, 0.1) is 5.92 Å². The Bertz CT molecular complexity index is 966. The summed E-state index contributed by atoms with van der Waals surface area (Å²) in [6, 6.07) is 15.7. The Morgan fingerprint density at radius 1 is 1.15 bits per heavy atom. The Morgan fingerprint density at radius 3 is 2.55 bits per heavy atom. The van der Waals surface area contributed by atoms with Gasteiger partial charge >= 0.3 is 11.9 Å². The lowest BCUT2D eigenvalue weighted by atomic mass is 10.0. The molecule has 0 spiro atoms. The van der Waals surface area contributed by atoms with Crippen molar-refractivity contribution in [3.63, 3.8) is 0 Å². The molecule has 0 saturated heterocycles. The maximum Gasteiger partial charge on any atom is 0.323 e. The number of nitrogens with zero attached hydrogens (tertiary/aromatic N) is 1. The number of benzene rings is 2. The van der Waals surface area contributed by atoms with E-state index in [0.717, 1.165) is 10.5 Å². The molecule has 7 nitrogen and oxygen atoms in total. The van der Waals surface area contributed by atoms with Gasteiger partial charge in [-0.2, -0.15) is 0 Å². The number of fused-ring (bicyclic) bond motifs is 1. The number of ether oxygens (including phenoxy) is 1. The van der Waals surface area contributed by atoms with Crippen molar-refractivity contribution in [2.75, 3.05) is 23.8 Å². The number of anilines is 1. The zero-order chi connectivity index (χ0) is 23.8. The molecule has 2 aromatic rings. The third-order valence-corrected chi connectivity index (χ3v) is 6.39. The van der Waals surface area contributed by atoms with Gasteiger partial charge in [0.05, 0.1) is 18.3 Å². The average molecular weight is 471 g/mol. The minimum Gasteiger partial charge on any atom is -0.480 e. The van der Waals surface area contributed by atoms with Crippen LogP contribution < -0.4 is 10.2 Å². The van der Waals surface area contributed by atoms with E-state index < -0.39 is 30.6 Å². The number of esters is 1. The minimum absolute atomic E-state index is 0.194. The van der Waals surface area contributed by atoms with Crippen molar-refractivity contribution in [2.24, 2.45) is 5.92 Å². The van der Waals surface area contributed by atoms with E-state index in [1.807, 2.05) is 56.3 Å². The molecule has 0 saturated carbocycles. The van der Waals surface area contributed by atoms with E-state index in [1.165, 1.54) is 16.7 Å². The summed E-state index contributed by atoms with van der Waals surface area (Å²) in [6.07, 6.45) is 1.10. The lowest BCUT2D eigenvalue weighted by Gasteiger charge is -2.27. The highest BCUT2D eigenvalue weighted by Crippen LogP contribution is 2.34. The van der Waals surface area contributed by atoms with E-state index in [2.05, 4.69) is 5.32 Å². The number of hydrogen-bond acceptors (Lipinski definition) is 6. The molecule has 3 rings (SSSR count). The van der Waals surface area contributed by atoms with Crippen LogP contribution in [0.3, 0.4) is 0 Å². The number of thioether (sulfide) groups is 1. The normalized spacial score (nSPS) is 16.8. The third kappa shape index (κ3) is 7.07. The Morgan fingerprint density at radius 2 is 1.85 bits per heavy atom. The van der Waals surface area contributed by atoms with E-state index in [4.69, 9.17) is 4.74 Å². The molecule has 1 amide bonds. The molecule has 2 N–H and O–H groups in total. The topological polar surface area (TPSA) is 95.9 Å². The zero-order valence-corrected chi connectivity index (χ0v) is 19.7. The Kier molecular flexibility index (Phi) is 8.91. The van der Waals surface area contributed by atoms with Crippen LogP contribution in [-0.2, 0) is 25.5 Å². The molecule has 0 fully saturated rings. The van der Waals surface area contributed by atoms with Crippen molar-refractivity contribution in [3.05, 3.63) is 60.2 Å².